The van der Waals surface area contributed by atoms with Crippen LogP contribution in [0.25, 0.3) is 0 Å². The van der Waals surface area contributed by atoms with Crippen LogP contribution >= 0.6 is 0 Å². The van der Waals surface area contributed by atoms with Crippen molar-refractivity contribution in [1.29, 1.82) is 0 Å². The van der Waals surface area contributed by atoms with E-state index in [-0.39, 0.29) is 11.3 Å². The Hall–Kier alpha value is -0.820. The van der Waals surface area contributed by atoms with Crippen molar-refractivity contribution in [3.8, 4) is 0 Å². The predicted molar refractivity (Wildman–Crippen MR) is 103 cm³/mol. The largest absolute Gasteiger partial charge is 0.377 e. The number of fused-ring (bicyclic) bond motifs is 1. The molecule has 6 nitrogen and oxygen atoms in total. The monoisotopic (exact) mass is 383 g/mol. The fourth-order valence-electron chi connectivity index (χ4n) is 5.40. The maximum atomic E-state index is 11.7. The number of sulfone groups is 1. The number of nitrogens with one attached hydrogen (secondary N) is 2. The number of aliphatic imine (C=N–C) groups is 1. The molecular weight excluding hydrogens is 350 g/mol. The summed E-state index contributed by atoms with van der Waals surface area (Å²) in [5, 5.41) is 7.32. The zero-order valence-electron chi connectivity index (χ0n) is 16.0. The second-order valence-electron chi connectivity index (χ2n) is 9.27. The summed E-state index contributed by atoms with van der Waals surface area (Å²) in [5.74, 6) is 2.22. The van der Waals surface area contributed by atoms with Gasteiger partial charge in [-0.3, -0.25) is 4.99 Å². The summed E-state index contributed by atoms with van der Waals surface area (Å²) < 4.78 is 29.3. The van der Waals surface area contributed by atoms with Crippen LogP contribution in [0.2, 0.25) is 0 Å². The van der Waals surface area contributed by atoms with Crippen LogP contribution in [0.3, 0.4) is 0 Å². The fourth-order valence-corrected chi connectivity index (χ4v) is 7.25. The topological polar surface area (TPSA) is 79.8 Å². The summed E-state index contributed by atoms with van der Waals surface area (Å²) in [6.07, 6.45) is 7.16. The van der Waals surface area contributed by atoms with E-state index in [1.54, 1.807) is 0 Å². The van der Waals surface area contributed by atoms with Crippen LogP contribution in [-0.4, -0.2) is 57.2 Å². The molecule has 2 saturated heterocycles. The van der Waals surface area contributed by atoms with Gasteiger partial charge in [-0.1, -0.05) is 26.7 Å². The Labute approximate surface area is 157 Å². The first kappa shape index (κ1) is 18.5. The van der Waals surface area contributed by atoms with Crippen molar-refractivity contribution < 1.29 is 13.2 Å². The number of nitrogens with zero attached hydrogens (tertiary/aromatic N) is 1. The average molecular weight is 384 g/mol. The molecule has 2 saturated carbocycles. The van der Waals surface area contributed by atoms with Crippen molar-refractivity contribution >= 4 is 15.8 Å². The van der Waals surface area contributed by atoms with E-state index in [9.17, 15) is 8.42 Å². The lowest BCUT2D eigenvalue weighted by molar-refractivity contribution is -0.106. The number of rotatable bonds is 4. The first-order valence-corrected chi connectivity index (χ1v) is 12.1. The summed E-state index contributed by atoms with van der Waals surface area (Å²) in [6.45, 7) is 6.00. The van der Waals surface area contributed by atoms with Gasteiger partial charge >= 0.3 is 0 Å². The zero-order valence-corrected chi connectivity index (χ0v) is 16.9. The highest BCUT2D eigenvalue weighted by atomic mass is 32.2. The molecule has 2 heterocycles. The van der Waals surface area contributed by atoms with Gasteiger partial charge in [-0.2, -0.15) is 0 Å². The van der Waals surface area contributed by atoms with Gasteiger partial charge in [0.05, 0.1) is 17.6 Å². The molecule has 4 unspecified atom stereocenters. The molecule has 0 bridgehead atoms. The van der Waals surface area contributed by atoms with Crippen LogP contribution in [0, 0.1) is 17.3 Å². The molecule has 2 aliphatic heterocycles. The summed E-state index contributed by atoms with van der Waals surface area (Å²) in [7, 11) is -2.84. The minimum atomic E-state index is -2.84. The van der Waals surface area contributed by atoms with Gasteiger partial charge in [0.1, 0.15) is 0 Å². The van der Waals surface area contributed by atoms with Crippen LogP contribution in [-0.2, 0) is 14.6 Å². The Morgan fingerprint density at radius 3 is 2.62 bits per heavy atom. The Kier molecular flexibility index (Phi) is 4.97. The quantitative estimate of drug-likeness (QED) is 0.571. The molecule has 2 aliphatic carbocycles. The van der Waals surface area contributed by atoms with E-state index >= 15 is 0 Å². The molecule has 4 fully saturated rings. The van der Waals surface area contributed by atoms with Crippen LogP contribution in [0.5, 0.6) is 0 Å². The Morgan fingerprint density at radius 2 is 1.92 bits per heavy atom. The van der Waals surface area contributed by atoms with Crippen molar-refractivity contribution in [1.82, 2.24) is 10.6 Å². The van der Waals surface area contributed by atoms with Crippen molar-refractivity contribution in [3.05, 3.63) is 0 Å². The summed E-state index contributed by atoms with van der Waals surface area (Å²) in [5.41, 5.74) is 0.107. The van der Waals surface area contributed by atoms with E-state index in [0.29, 0.717) is 42.2 Å². The van der Waals surface area contributed by atoms with E-state index < -0.39 is 9.84 Å². The van der Waals surface area contributed by atoms with Gasteiger partial charge in [-0.15, -0.1) is 0 Å². The molecular formula is C19H33N3O3S. The summed E-state index contributed by atoms with van der Waals surface area (Å²) in [4.78, 5) is 4.83. The molecule has 0 radical (unpaired) electrons. The van der Waals surface area contributed by atoms with Crippen molar-refractivity contribution in [3.63, 3.8) is 0 Å². The van der Waals surface area contributed by atoms with Gasteiger partial charge < -0.3 is 15.4 Å². The third-order valence-corrected chi connectivity index (χ3v) is 8.76. The molecule has 4 aliphatic rings. The van der Waals surface area contributed by atoms with E-state index in [1.165, 1.54) is 25.7 Å². The maximum Gasteiger partial charge on any atom is 0.191 e. The Balaban J connectivity index is 1.43. The lowest BCUT2D eigenvalue weighted by Crippen LogP contribution is -2.68. The van der Waals surface area contributed by atoms with Gasteiger partial charge in [-0.25, -0.2) is 8.42 Å². The predicted octanol–water partition coefficient (Wildman–Crippen LogP) is 1.71. The maximum absolute atomic E-state index is 11.7. The van der Waals surface area contributed by atoms with Crippen molar-refractivity contribution in [2.75, 3.05) is 24.7 Å². The SMILES string of the molecule is CC1(C)C(NC(=NCC2CCS(=O)(=O)C2)NC2CCCC2)C2CCOC21. The molecule has 7 heteroatoms. The van der Waals surface area contributed by atoms with Crippen molar-refractivity contribution in [2.45, 2.75) is 70.6 Å². The van der Waals surface area contributed by atoms with Gasteiger partial charge in [0, 0.05) is 36.6 Å². The van der Waals surface area contributed by atoms with Crippen LogP contribution in [0.15, 0.2) is 4.99 Å². The van der Waals surface area contributed by atoms with E-state index in [0.717, 1.165) is 25.4 Å². The van der Waals surface area contributed by atoms with E-state index in [1.807, 2.05) is 0 Å². The van der Waals surface area contributed by atoms with Gasteiger partial charge in [0.25, 0.3) is 0 Å². The number of guanidine groups is 1. The molecule has 4 atom stereocenters. The Morgan fingerprint density at radius 1 is 1.15 bits per heavy atom. The molecule has 0 aromatic rings. The third-order valence-electron chi connectivity index (χ3n) is 6.92. The number of hydrogen-bond donors (Lipinski definition) is 2. The van der Waals surface area contributed by atoms with Crippen LogP contribution < -0.4 is 10.6 Å². The molecule has 26 heavy (non-hydrogen) atoms. The minimum absolute atomic E-state index is 0.107. The Bertz CT molecular complexity index is 655. The zero-order chi connectivity index (χ0) is 18.4. The lowest BCUT2D eigenvalue weighted by atomic mass is 9.57. The molecule has 2 N–H and O–H groups in total. The third kappa shape index (κ3) is 3.61. The number of ether oxygens (including phenoxy) is 1. The molecule has 0 spiro atoms. The highest BCUT2D eigenvalue weighted by Gasteiger charge is 2.59. The smallest absolute Gasteiger partial charge is 0.191 e. The second kappa shape index (κ2) is 6.97. The highest BCUT2D eigenvalue weighted by Crippen LogP contribution is 2.52. The first-order chi connectivity index (χ1) is 12.4. The van der Waals surface area contributed by atoms with E-state index in [4.69, 9.17) is 9.73 Å². The fraction of sp³-hybridized carbons (Fsp3) is 0.947. The molecule has 0 aromatic heterocycles. The van der Waals surface area contributed by atoms with Gasteiger partial charge in [-0.05, 0) is 31.6 Å². The highest BCUT2D eigenvalue weighted by molar-refractivity contribution is 7.91. The average Bonchev–Trinajstić information content (AvgIpc) is 3.30. The standard InChI is InChI=1S/C19H33N3O3S/c1-19(2)16(15-7-9-25-17(15)19)22-18(21-14-5-3-4-6-14)20-11-13-8-10-26(23,24)12-13/h13-17H,3-12H2,1-2H3,(H2,20,21,22). The molecule has 148 valence electrons. The van der Waals surface area contributed by atoms with E-state index in [2.05, 4.69) is 24.5 Å². The first-order valence-electron chi connectivity index (χ1n) is 10.2. The summed E-state index contributed by atoms with van der Waals surface area (Å²) >= 11 is 0. The van der Waals surface area contributed by atoms with Crippen LogP contribution in [0.4, 0.5) is 0 Å². The normalized spacial score (nSPS) is 38.8. The lowest BCUT2D eigenvalue weighted by Gasteiger charge is -2.55. The second-order valence-corrected chi connectivity index (χ2v) is 11.5. The van der Waals surface area contributed by atoms with Crippen LogP contribution in [0.1, 0.15) is 52.4 Å². The van der Waals surface area contributed by atoms with Gasteiger partial charge in [0.2, 0.25) is 0 Å². The molecule has 4 rings (SSSR count). The summed E-state index contributed by atoms with van der Waals surface area (Å²) in [6, 6.07) is 0.863. The van der Waals surface area contributed by atoms with Crippen molar-refractivity contribution in [2.24, 2.45) is 22.2 Å². The van der Waals surface area contributed by atoms with Gasteiger partial charge in [0.15, 0.2) is 15.8 Å². The molecule has 0 amide bonds. The molecule has 0 aromatic carbocycles. The minimum Gasteiger partial charge on any atom is -0.377 e. The number of hydrogen-bond acceptors (Lipinski definition) is 4.